The van der Waals surface area contributed by atoms with Gasteiger partial charge in [-0.3, -0.25) is 0 Å². The van der Waals surface area contributed by atoms with Crippen molar-refractivity contribution in [2.45, 2.75) is 32.9 Å². The van der Waals surface area contributed by atoms with Crippen LogP contribution < -0.4 is 20.3 Å². The fourth-order valence-corrected chi connectivity index (χ4v) is 1.99. The minimum atomic E-state index is 0.178. The van der Waals surface area contributed by atoms with Gasteiger partial charge in [0.2, 0.25) is 0 Å². The van der Waals surface area contributed by atoms with Crippen molar-refractivity contribution in [3.05, 3.63) is 54.1 Å². The maximum Gasteiger partial charge on any atom is 0.161 e. The number of anilines is 1. The molecule has 0 bridgehead atoms. The average molecular weight is 300 g/mol. The summed E-state index contributed by atoms with van der Waals surface area (Å²) in [6.07, 6.45) is 1.14. The van der Waals surface area contributed by atoms with Crippen LogP contribution in [-0.4, -0.2) is 13.2 Å². The standard InChI is InChI=1S/C18H24N2O2/c1-4-14(2)22-17-11-10-15(12-18(17)21-3)13-19-20-16-8-6-5-7-9-16/h5-12,14,19-20H,4,13H2,1-3H3. The highest BCUT2D eigenvalue weighted by Crippen LogP contribution is 2.29. The Labute approximate surface area is 132 Å². The van der Waals surface area contributed by atoms with E-state index in [4.69, 9.17) is 9.47 Å². The van der Waals surface area contributed by atoms with Crippen LogP contribution in [0.5, 0.6) is 11.5 Å². The van der Waals surface area contributed by atoms with Gasteiger partial charge < -0.3 is 14.9 Å². The van der Waals surface area contributed by atoms with Gasteiger partial charge in [-0.05, 0) is 43.2 Å². The van der Waals surface area contributed by atoms with Crippen LogP contribution in [0.2, 0.25) is 0 Å². The monoisotopic (exact) mass is 300 g/mol. The van der Waals surface area contributed by atoms with E-state index in [0.717, 1.165) is 29.2 Å². The smallest absolute Gasteiger partial charge is 0.161 e. The number of benzene rings is 2. The second-order valence-corrected chi connectivity index (χ2v) is 5.17. The Kier molecular flexibility index (Phi) is 6.10. The largest absolute Gasteiger partial charge is 0.493 e. The van der Waals surface area contributed by atoms with Crippen LogP contribution in [0, 0.1) is 0 Å². The van der Waals surface area contributed by atoms with Crippen LogP contribution in [0.4, 0.5) is 5.69 Å². The first-order valence-electron chi connectivity index (χ1n) is 7.60. The van der Waals surface area contributed by atoms with Gasteiger partial charge in [-0.2, -0.15) is 0 Å². The molecular weight excluding hydrogens is 276 g/mol. The summed E-state index contributed by atoms with van der Waals surface area (Å²) >= 11 is 0. The highest BCUT2D eigenvalue weighted by atomic mass is 16.5. The SMILES string of the molecule is CCC(C)Oc1ccc(CNNc2ccccc2)cc1OC. The van der Waals surface area contributed by atoms with Crippen LogP contribution in [0.3, 0.4) is 0 Å². The Morgan fingerprint density at radius 3 is 2.50 bits per heavy atom. The minimum Gasteiger partial charge on any atom is -0.493 e. The second kappa shape index (κ2) is 8.29. The molecule has 2 N–H and O–H groups in total. The van der Waals surface area contributed by atoms with E-state index in [1.807, 2.05) is 48.5 Å². The van der Waals surface area contributed by atoms with Crippen LogP contribution in [0.15, 0.2) is 48.5 Å². The van der Waals surface area contributed by atoms with Gasteiger partial charge in [-0.1, -0.05) is 31.2 Å². The lowest BCUT2D eigenvalue weighted by Crippen LogP contribution is -2.20. The van der Waals surface area contributed by atoms with E-state index in [2.05, 4.69) is 24.7 Å². The molecular formula is C18H24N2O2. The zero-order chi connectivity index (χ0) is 15.8. The van der Waals surface area contributed by atoms with Gasteiger partial charge in [0.1, 0.15) is 0 Å². The minimum absolute atomic E-state index is 0.178. The van der Waals surface area contributed by atoms with Gasteiger partial charge in [0, 0.05) is 12.2 Å². The van der Waals surface area contributed by atoms with Gasteiger partial charge in [-0.25, -0.2) is 5.43 Å². The zero-order valence-electron chi connectivity index (χ0n) is 13.4. The number of rotatable bonds is 8. The van der Waals surface area contributed by atoms with E-state index >= 15 is 0 Å². The summed E-state index contributed by atoms with van der Waals surface area (Å²) in [7, 11) is 1.66. The van der Waals surface area contributed by atoms with Crippen molar-refractivity contribution in [1.29, 1.82) is 0 Å². The second-order valence-electron chi connectivity index (χ2n) is 5.17. The maximum atomic E-state index is 5.85. The maximum absolute atomic E-state index is 5.85. The van der Waals surface area contributed by atoms with Crippen molar-refractivity contribution in [3.63, 3.8) is 0 Å². The molecule has 0 amide bonds. The highest BCUT2D eigenvalue weighted by Gasteiger charge is 2.08. The third-order valence-electron chi connectivity index (χ3n) is 3.43. The molecule has 1 unspecified atom stereocenters. The van der Waals surface area contributed by atoms with Gasteiger partial charge in [0.15, 0.2) is 11.5 Å². The van der Waals surface area contributed by atoms with Crippen molar-refractivity contribution in [3.8, 4) is 11.5 Å². The van der Waals surface area contributed by atoms with Crippen molar-refractivity contribution >= 4 is 5.69 Å². The number of ether oxygens (including phenoxy) is 2. The van der Waals surface area contributed by atoms with Crippen molar-refractivity contribution < 1.29 is 9.47 Å². The molecule has 22 heavy (non-hydrogen) atoms. The topological polar surface area (TPSA) is 42.5 Å². The molecule has 4 nitrogen and oxygen atoms in total. The van der Waals surface area contributed by atoms with Gasteiger partial charge in [0.05, 0.1) is 13.2 Å². The van der Waals surface area contributed by atoms with Crippen molar-refractivity contribution in [2.24, 2.45) is 0 Å². The zero-order valence-corrected chi connectivity index (χ0v) is 13.4. The Bertz CT molecular complexity index is 573. The summed E-state index contributed by atoms with van der Waals surface area (Å²) in [6, 6.07) is 16.0. The quantitative estimate of drug-likeness (QED) is 0.723. The molecule has 1 atom stereocenters. The molecule has 0 aliphatic carbocycles. The Morgan fingerprint density at radius 1 is 1.05 bits per heavy atom. The highest BCUT2D eigenvalue weighted by molar-refractivity contribution is 5.44. The van der Waals surface area contributed by atoms with E-state index in [1.54, 1.807) is 7.11 Å². The van der Waals surface area contributed by atoms with Crippen molar-refractivity contribution in [1.82, 2.24) is 5.43 Å². The predicted molar refractivity (Wildman–Crippen MR) is 90.3 cm³/mol. The Hall–Kier alpha value is -2.20. The molecule has 4 heteroatoms. The van der Waals surface area contributed by atoms with E-state index in [-0.39, 0.29) is 6.10 Å². The fourth-order valence-electron chi connectivity index (χ4n) is 1.99. The third-order valence-corrected chi connectivity index (χ3v) is 3.43. The summed E-state index contributed by atoms with van der Waals surface area (Å²) in [5.41, 5.74) is 8.51. The molecule has 0 aromatic heterocycles. The van der Waals surface area contributed by atoms with E-state index < -0.39 is 0 Å². The van der Waals surface area contributed by atoms with Gasteiger partial charge in [-0.15, -0.1) is 0 Å². The summed E-state index contributed by atoms with van der Waals surface area (Å²) in [5, 5.41) is 0. The van der Waals surface area contributed by atoms with Crippen molar-refractivity contribution in [2.75, 3.05) is 12.5 Å². The number of methoxy groups -OCH3 is 1. The molecule has 0 aliphatic heterocycles. The first-order chi connectivity index (χ1) is 10.7. The number of nitrogens with one attached hydrogen (secondary N) is 2. The molecule has 2 aromatic rings. The van der Waals surface area contributed by atoms with Crippen LogP contribution in [-0.2, 0) is 6.54 Å². The van der Waals surface area contributed by atoms with Crippen LogP contribution in [0.1, 0.15) is 25.8 Å². The molecule has 0 heterocycles. The number of para-hydroxylation sites is 1. The first-order valence-corrected chi connectivity index (χ1v) is 7.60. The number of hydrazine groups is 1. The third kappa shape index (κ3) is 4.67. The van der Waals surface area contributed by atoms with E-state index in [1.165, 1.54) is 0 Å². The lowest BCUT2D eigenvalue weighted by atomic mass is 10.2. The van der Waals surface area contributed by atoms with Crippen LogP contribution in [0.25, 0.3) is 0 Å². The Balaban J connectivity index is 1.94. The van der Waals surface area contributed by atoms with E-state index in [9.17, 15) is 0 Å². The van der Waals surface area contributed by atoms with Crippen LogP contribution >= 0.6 is 0 Å². The lowest BCUT2D eigenvalue weighted by Gasteiger charge is -2.16. The molecule has 118 valence electrons. The molecule has 0 saturated heterocycles. The van der Waals surface area contributed by atoms with Gasteiger partial charge in [0.25, 0.3) is 0 Å². The molecule has 2 aromatic carbocycles. The Morgan fingerprint density at radius 2 is 1.82 bits per heavy atom. The summed E-state index contributed by atoms with van der Waals surface area (Å²) in [6.45, 7) is 4.85. The molecule has 2 rings (SSSR count). The molecule has 0 radical (unpaired) electrons. The number of hydrogen-bond donors (Lipinski definition) is 2. The summed E-state index contributed by atoms with van der Waals surface area (Å²) in [4.78, 5) is 0. The fraction of sp³-hybridized carbons (Fsp3) is 0.333. The summed E-state index contributed by atoms with van der Waals surface area (Å²) in [5.74, 6) is 1.55. The molecule has 0 spiro atoms. The number of hydrogen-bond acceptors (Lipinski definition) is 4. The van der Waals surface area contributed by atoms with Gasteiger partial charge >= 0.3 is 0 Å². The normalized spacial score (nSPS) is 11.8. The van der Waals surface area contributed by atoms with E-state index in [0.29, 0.717) is 6.54 Å². The average Bonchev–Trinajstić information content (AvgIpc) is 2.56. The predicted octanol–water partition coefficient (Wildman–Crippen LogP) is 3.99. The summed E-state index contributed by atoms with van der Waals surface area (Å²) < 4.78 is 11.3. The lowest BCUT2D eigenvalue weighted by molar-refractivity contribution is 0.207. The molecule has 0 saturated carbocycles. The first kappa shape index (κ1) is 16.2. The molecule has 0 fully saturated rings. The molecule has 0 aliphatic rings.